The topological polar surface area (TPSA) is 54.8 Å². The van der Waals surface area contributed by atoms with Crippen molar-refractivity contribution in [2.45, 2.75) is 38.0 Å². The number of rotatable bonds is 4. The van der Waals surface area contributed by atoms with Gasteiger partial charge in [-0.05, 0) is 18.9 Å². The maximum atomic E-state index is 10.2. The van der Waals surface area contributed by atoms with E-state index in [1.54, 1.807) is 7.11 Å². The quantitative estimate of drug-likeness (QED) is 0.910. The Balaban J connectivity index is 1.71. The lowest BCUT2D eigenvalue weighted by Gasteiger charge is -2.39. The summed E-state index contributed by atoms with van der Waals surface area (Å²) in [5.74, 6) is 0.981. The second-order valence-electron chi connectivity index (χ2n) is 5.95. The third kappa shape index (κ3) is 3.36. The van der Waals surface area contributed by atoms with Crippen LogP contribution in [0.5, 0.6) is 5.88 Å². The van der Waals surface area contributed by atoms with E-state index in [1.165, 1.54) is 0 Å². The van der Waals surface area contributed by atoms with Crippen molar-refractivity contribution in [2.24, 2.45) is 5.92 Å². The van der Waals surface area contributed by atoms with Crippen LogP contribution in [-0.2, 0) is 11.3 Å². The Morgan fingerprint density at radius 1 is 1.43 bits per heavy atom. The van der Waals surface area contributed by atoms with Crippen LogP contribution in [0, 0.1) is 5.92 Å². The number of hydrogen-bond acceptors (Lipinski definition) is 5. The van der Waals surface area contributed by atoms with E-state index in [0.717, 1.165) is 44.7 Å². The highest BCUT2D eigenvalue weighted by molar-refractivity contribution is 5.15. The molecular formula is C16H24N2O3. The fourth-order valence-electron chi connectivity index (χ4n) is 3.53. The molecule has 0 aromatic carbocycles. The SMILES string of the molecule is COc1cccc(CN2CCOCC2C2CCCC2O)n1. The molecule has 3 rings (SSSR count). The Morgan fingerprint density at radius 3 is 3.10 bits per heavy atom. The molecule has 21 heavy (non-hydrogen) atoms. The Kier molecular flexibility index (Phi) is 4.73. The third-order valence-corrected chi connectivity index (χ3v) is 4.66. The molecule has 1 aliphatic heterocycles. The summed E-state index contributed by atoms with van der Waals surface area (Å²) in [6.07, 6.45) is 2.95. The van der Waals surface area contributed by atoms with Gasteiger partial charge in [0, 0.05) is 31.1 Å². The van der Waals surface area contributed by atoms with Crippen LogP contribution in [0.1, 0.15) is 25.0 Å². The molecule has 3 atom stereocenters. The first kappa shape index (κ1) is 14.8. The largest absolute Gasteiger partial charge is 0.481 e. The monoisotopic (exact) mass is 292 g/mol. The summed E-state index contributed by atoms with van der Waals surface area (Å²) in [5.41, 5.74) is 1.01. The van der Waals surface area contributed by atoms with Crippen molar-refractivity contribution >= 4 is 0 Å². The molecule has 1 aromatic rings. The number of pyridine rings is 1. The second-order valence-corrected chi connectivity index (χ2v) is 5.95. The lowest BCUT2D eigenvalue weighted by molar-refractivity contribution is -0.0541. The first-order valence-corrected chi connectivity index (χ1v) is 7.77. The summed E-state index contributed by atoms with van der Waals surface area (Å²) in [6, 6.07) is 6.16. The summed E-state index contributed by atoms with van der Waals surface area (Å²) in [4.78, 5) is 6.91. The van der Waals surface area contributed by atoms with Gasteiger partial charge in [0.15, 0.2) is 0 Å². The standard InChI is InChI=1S/C16H24N2O3/c1-20-16-7-2-4-12(17-16)10-18-8-9-21-11-14(18)13-5-3-6-15(13)19/h2,4,7,13-15,19H,3,5-6,8-11H2,1H3. The molecule has 2 aliphatic rings. The number of aliphatic hydroxyl groups excluding tert-OH is 1. The molecule has 0 amide bonds. The van der Waals surface area contributed by atoms with E-state index in [0.29, 0.717) is 24.4 Å². The predicted octanol–water partition coefficient (Wildman–Crippen LogP) is 1.45. The van der Waals surface area contributed by atoms with Crippen LogP contribution in [0.25, 0.3) is 0 Å². The van der Waals surface area contributed by atoms with Crippen molar-refractivity contribution in [1.29, 1.82) is 0 Å². The van der Waals surface area contributed by atoms with E-state index in [1.807, 2.05) is 18.2 Å². The van der Waals surface area contributed by atoms with Crippen molar-refractivity contribution in [3.8, 4) is 5.88 Å². The van der Waals surface area contributed by atoms with Crippen LogP contribution in [0.4, 0.5) is 0 Å². The van der Waals surface area contributed by atoms with E-state index >= 15 is 0 Å². The number of ether oxygens (including phenoxy) is 2. The highest BCUT2D eigenvalue weighted by Gasteiger charge is 2.37. The van der Waals surface area contributed by atoms with Gasteiger partial charge < -0.3 is 14.6 Å². The molecule has 1 saturated heterocycles. The number of nitrogens with zero attached hydrogens (tertiary/aromatic N) is 2. The van der Waals surface area contributed by atoms with Crippen molar-refractivity contribution < 1.29 is 14.6 Å². The van der Waals surface area contributed by atoms with Crippen LogP contribution >= 0.6 is 0 Å². The van der Waals surface area contributed by atoms with Crippen LogP contribution < -0.4 is 4.74 Å². The van der Waals surface area contributed by atoms with Gasteiger partial charge in [-0.3, -0.25) is 4.90 Å². The van der Waals surface area contributed by atoms with Crippen molar-refractivity contribution in [1.82, 2.24) is 9.88 Å². The number of hydrogen-bond donors (Lipinski definition) is 1. The first-order chi connectivity index (χ1) is 10.3. The summed E-state index contributed by atoms with van der Waals surface area (Å²) in [5, 5.41) is 10.2. The normalized spacial score (nSPS) is 30.5. The molecule has 1 N–H and O–H groups in total. The Hall–Kier alpha value is -1.17. The Labute approximate surface area is 125 Å². The molecular weight excluding hydrogens is 268 g/mol. The molecule has 3 unspecified atom stereocenters. The van der Waals surface area contributed by atoms with Gasteiger partial charge in [-0.25, -0.2) is 4.98 Å². The van der Waals surface area contributed by atoms with Crippen molar-refractivity contribution in [3.05, 3.63) is 23.9 Å². The maximum absolute atomic E-state index is 10.2. The second kappa shape index (κ2) is 6.73. The van der Waals surface area contributed by atoms with E-state index < -0.39 is 0 Å². The van der Waals surface area contributed by atoms with E-state index in [4.69, 9.17) is 9.47 Å². The van der Waals surface area contributed by atoms with Gasteiger partial charge in [0.25, 0.3) is 0 Å². The van der Waals surface area contributed by atoms with Gasteiger partial charge in [-0.2, -0.15) is 0 Å². The fourth-order valence-corrected chi connectivity index (χ4v) is 3.53. The zero-order chi connectivity index (χ0) is 14.7. The van der Waals surface area contributed by atoms with Gasteiger partial charge in [0.05, 0.1) is 32.1 Å². The van der Waals surface area contributed by atoms with Crippen LogP contribution in [0.2, 0.25) is 0 Å². The highest BCUT2D eigenvalue weighted by Crippen LogP contribution is 2.32. The van der Waals surface area contributed by atoms with Gasteiger partial charge in [0.1, 0.15) is 0 Å². The average Bonchev–Trinajstić information content (AvgIpc) is 2.94. The van der Waals surface area contributed by atoms with Crippen molar-refractivity contribution in [3.63, 3.8) is 0 Å². The molecule has 5 nitrogen and oxygen atoms in total. The molecule has 0 spiro atoms. The molecule has 0 bridgehead atoms. The molecule has 2 fully saturated rings. The number of aromatic nitrogens is 1. The maximum Gasteiger partial charge on any atom is 0.213 e. The summed E-state index contributed by atoms with van der Waals surface area (Å²) in [6.45, 7) is 3.15. The average molecular weight is 292 g/mol. The lowest BCUT2D eigenvalue weighted by Crippen LogP contribution is -2.50. The molecule has 1 aliphatic carbocycles. The number of methoxy groups -OCH3 is 1. The van der Waals surface area contributed by atoms with Gasteiger partial charge >= 0.3 is 0 Å². The molecule has 2 heterocycles. The van der Waals surface area contributed by atoms with E-state index in [2.05, 4.69) is 9.88 Å². The van der Waals surface area contributed by atoms with Crippen LogP contribution in [-0.4, -0.2) is 54.0 Å². The zero-order valence-electron chi connectivity index (χ0n) is 12.6. The minimum absolute atomic E-state index is 0.183. The van der Waals surface area contributed by atoms with Crippen molar-refractivity contribution in [2.75, 3.05) is 26.9 Å². The summed E-state index contributed by atoms with van der Waals surface area (Å²) >= 11 is 0. The third-order valence-electron chi connectivity index (χ3n) is 4.66. The molecule has 1 aromatic heterocycles. The molecule has 116 valence electrons. The molecule has 1 saturated carbocycles. The van der Waals surface area contributed by atoms with Crippen LogP contribution in [0.15, 0.2) is 18.2 Å². The lowest BCUT2D eigenvalue weighted by atomic mass is 9.94. The fraction of sp³-hybridized carbons (Fsp3) is 0.688. The highest BCUT2D eigenvalue weighted by atomic mass is 16.5. The van der Waals surface area contributed by atoms with Crippen LogP contribution in [0.3, 0.4) is 0 Å². The Morgan fingerprint density at radius 2 is 2.33 bits per heavy atom. The summed E-state index contributed by atoms with van der Waals surface area (Å²) in [7, 11) is 1.64. The van der Waals surface area contributed by atoms with E-state index in [-0.39, 0.29) is 6.10 Å². The van der Waals surface area contributed by atoms with Gasteiger partial charge in [-0.1, -0.05) is 12.5 Å². The molecule has 5 heteroatoms. The first-order valence-electron chi connectivity index (χ1n) is 7.77. The Bertz CT molecular complexity index is 469. The summed E-state index contributed by atoms with van der Waals surface area (Å²) < 4.78 is 10.9. The van der Waals surface area contributed by atoms with Gasteiger partial charge in [0.2, 0.25) is 5.88 Å². The minimum Gasteiger partial charge on any atom is -0.481 e. The molecule has 0 radical (unpaired) electrons. The number of aliphatic hydroxyl groups is 1. The predicted molar refractivity (Wildman–Crippen MR) is 79.2 cm³/mol. The zero-order valence-corrected chi connectivity index (χ0v) is 12.6. The number of morpholine rings is 1. The minimum atomic E-state index is -0.183. The van der Waals surface area contributed by atoms with E-state index in [9.17, 15) is 5.11 Å². The van der Waals surface area contributed by atoms with Gasteiger partial charge in [-0.15, -0.1) is 0 Å². The smallest absolute Gasteiger partial charge is 0.213 e.